The van der Waals surface area contributed by atoms with Gasteiger partial charge in [-0.3, -0.25) is 9.59 Å². The van der Waals surface area contributed by atoms with Crippen LogP contribution in [0.25, 0.3) is 10.9 Å². The van der Waals surface area contributed by atoms with Gasteiger partial charge in [0, 0.05) is 48.4 Å². The maximum absolute atomic E-state index is 13.9. The molecule has 1 N–H and O–H groups in total. The monoisotopic (exact) mass is 429 g/mol. The fraction of sp³-hybridized carbons (Fsp3) is 0.407. The first-order valence-corrected chi connectivity index (χ1v) is 11.8. The first kappa shape index (κ1) is 20.8. The fourth-order valence-electron chi connectivity index (χ4n) is 5.67. The molecule has 0 radical (unpaired) electrons. The Balaban J connectivity index is 1.61. The summed E-state index contributed by atoms with van der Waals surface area (Å²) in [6.45, 7) is 0. The summed E-state index contributed by atoms with van der Waals surface area (Å²) in [6.07, 6.45) is 8.97. The predicted molar refractivity (Wildman–Crippen MR) is 127 cm³/mol. The Kier molecular flexibility index (Phi) is 5.50. The Hall–Kier alpha value is -3.08. The van der Waals surface area contributed by atoms with E-state index < -0.39 is 5.92 Å². The van der Waals surface area contributed by atoms with Gasteiger partial charge < -0.3 is 14.8 Å². The summed E-state index contributed by atoms with van der Waals surface area (Å²) in [5.41, 5.74) is 3.59. The van der Waals surface area contributed by atoms with Gasteiger partial charge in [0.25, 0.3) is 5.91 Å². The van der Waals surface area contributed by atoms with Gasteiger partial charge in [-0.2, -0.15) is 0 Å². The van der Waals surface area contributed by atoms with Crippen LogP contribution in [0.15, 0.2) is 54.7 Å². The molecule has 5 nitrogen and oxygen atoms in total. The van der Waals surface area contributed by atoms with Crippen molar-refractivity contribution in [1.82, 2.24) is 14.8 Å². The second-order valence-corrected chi connectivity index (χ2v) is 9.34. The number of hydrogen-bond donors (Lipinski definition) is 1. The fourth-order valence-corrected chi connectivity index (χ4v) is 5.67. The number of nitrogens with one attached hydrogen (secondary N) is 1. The number of amides is 2. The Morgan fingerprint density at radius 2 is 1.59 bits per heavy atom. The Labute approximate surface area is 189 Å². The number of nitrogens with zero attached hydrogens (tertiary/aromatic N) is 2. The largest absolute Gasteiger partial charge is 0.353 e. The molecule has 1 fully saturated rings. The van der Waals surface area contributed by atoms with E-state index in [4.69, 9.17) is 0 Å². The molecule has 3 aromatic rings. The van der Waals surface area contributed by atoms with Gasteiger partial charge >= 0.3 is 0 Å². The number of carbonyl (C=O) groups is 2. The van der Waals surface area contributed by atoms with Gasteiger partial charge in [0.15, 0.2) is 0 Å². The maximum atomic E-state index is 13.9. The molecule has 1 aliphatic carbocycles. The smallest absolute Gasteiger partial charge is 0.254 e. The molecule has 2 aliphatic rings. The number of hydrogen-bond acceptors (Lipinski definition) is 2. The standard InChI is InChI=1S/C27H31N3O2/c1-29-17-22(19-13-9-10-16-23(19)29)25-24(26(31)28-18-11-5-3-4-6-12-18)20-14-7-8-15-21(20)27(32)30(25)2/h7-10,13-18,24-25H,3-6,11-12H2,1-2H3,(H,28,31)/t24-,25-/m0/s1. The van der Waals surface area contributed by atoms with E-state index in [9.17, 15) is 9.59 Å². The molecule has 5 rings (SSSR count). The van der Waals surface area contributed by atoms with Crippen molar-refractivity contribution in [2.24, 2.45) is 7.05 Å². The molecule has 1 saturated carbocycles. The van der Waals surface area contributed by atoms with E-state index >= 15 is 0 Å². The molecule has 32 heavy (non-hydrogen) atoms. The minimum Gasteiger partial charge on any atom is -0.353 e. The second kappa shape index (κ2) is 8.45. The van der Waals surface area contributed by atoms with Crippen molar-refractivity contribution in [1.29, 1.82) is 0 Å². The zero-order valence-electron chi connectivity index (χ0n) is 18.9. The Morgan fingerprint density at radius 3 is 2.38 bits per heavy atom. The van der Waals surface area contributed by atoms with Crippen molar-refractivity contribution in [2.75, 3.05) is 7.05 Å². The molecule has 0 bridgehead atoms. The minimum absolute atomic E-state index is 0.0293. The lowest BCUT2D eigenvalue weighted by atomic mass is 9.79. The third-order valence-electron chi connectivity index (χ3n) is 7.31. The summed E-state index contributed by atoms with van der Waals surface area (Å²) in [5.74, 6) is -0.443. The van der Waals surface area contributed by atoms with E-state index in [2.05, 4.69) is 28.2 Å². The maximum Gasteiger partial charge on any atom is 0.254 e. The van der Waals surface area contributed by atoms with Crippen molar-refractivity contribution in [3.05, 3.63) is 71.4 Å². The molecule has 2 heterocycles. The number of aryl methyl sites for hydroxylation is 1. The summed E-state index contributed by atoms with van der Waals surface area (Å²) < 4.78 is 2.09. The van der Waals surface area contributed by atoms with Crippen LogP contribution in [0.1, 0.15) is 72.0 Å². The molecule has 5 heteroatoms. The van der Waals surface area contributed by atoms with Crippen LogP contribution in [0.2, 0.25) is 0 Å². The predicted octanol–water partition coefficient (Wildman–Crippen LogP) is 4.93. The Bertz CT molecular complexity index is 1160. The van der Waals surface area contributed by atoms with Gasteiger partial charge in [-0.25, -0.2) is 0 Å². The number of rotatable bonds is 3. The Morgan fingerprint density at radius 1 is 0.906 bits per heavy atom. The second-order valence-electron chi connectivity index (χ2n) is 9.34. The number of carbonyl (C=O) groups excluding carboxylic acids is 2. The van der Waals surface area contributed by atoms with E-state index in [1.54, 1.807) is 4.90 Å². The summed E-state index contributed by atoms with van der Waals surface area (Å²) >= 11 is 0. The van der Waals surface area contributed by atoms with Gasteiger partial charge in [-0.05, 0) is 30.5 Å². The number of benzene rings is 2. The zero-order valence-corrected chi connectivity index (χ0v) is 18.9. The molecule has 2 atom stereocenters. The molecule has 2 aromatic carbocycles. The SMILES string of the molecule is CN1C(=O)c2ccccc2[C@H](C(=O)NC2CCCCCC2)[C@@H]1c1cn(C)c2ccccc12. The topological polar surface area (TPSA) is 54.3 Å². The normalized spacial score (nSPS) is 21.9. The summed E-state index contributed by atoms with van der Waals surface area (Å²) in [6, 6.07) is 15.7. The van der Waals surface area contributed by atoms with Crippen molar-refractivity contribution in [3.63, 3.8) is 0 Å². The molecule has 0 spiro atoms. The molecular formula is C27H31N3O2. The molecule has 1 aromatic heterocycles. The van der Waals surface area contributed by atoms with Crippen LogP contribution >= 0.6 is 0 Å². The van der Waals surface area contributed by atoms with Crippen LogP contribution in [0, 0.1) is 0 Å². The third kappa shape index (κ3) is 3.50. The van der Waals surface area contributed by atoms with E-state index in [1.807, 2.05) is 50.5 Å². The van der Waals surface area contributed by atoms with Gasteiger partial charge in [0.2, 0.25) is 5.91 Å². The average Bonchev–Trinajstić information content (AvgIpc) is 2.96. The van der Waals surface area contributed by atoms with Crippen LogP contribution in [0.4, 0.5) is 0 Å². The van der Waals surface area contributed by atoms with Crippen molar-refractivity contribution in [3.8, 4) is 0 Å². The number of likely N-dealkylation sites (N-methyl/N-ethyl adjacent to an activating group) is 1. The summed E-state index contributed by atoms with van der Waals surface area (Å²) in [5, 5.41) is 4.46. The van der Waals surface area contributed by atoms with E-state index in [-0.39, 0.29) is 23.9 Å². The van der Waals surface area contributed by atoms with Crippen LogP contribution in [0.5, 0.6) is 0 Å². The lowest BCUT2D eigenvalue weighted by Gasteiger charge is -2.40. The number of para-hydroxylation sites is 1. The lowest BCUT2D eigenvalue weighted by molar-refractivity contribution is -0.124. The first-order valence-electron chi connectivity index (χ1n) is 11.8. The number of aromatic nitrogens is 1. The van der Waals surface area contributed by atoms with Crippen LogP contribution in [0.3, 0.4) is 0 Å². The summed E-state index contributed by atoms with van der Waals surface area (Å²) in [4.78, 5) is 29.0. The first-order chi connectivity index (χ1) is 15.6. The molecule has 0 unspecified atom stereocenters. The van der Waals surface area contributed by atoms with E-state index in [0.29, 0.717) is 5.56 Å². The number of fused-ring (bicyclic) bond motifs is 2. The van der Waals surface area contributed by atoms with E-state index in [1.165, 1.54) is 12.8 Å². The highest BCUT2D eigenvalue weighted by atomic mass is 16.2. The highest BCUT2D eigenvalue weighted by molar-refractivity contribution is 6.02. The van der Waals surface area contributed by atoms with E-state index in [0.717, 1.165) is 47.7 Å². The highest BCUT2D eigenvalue weighted by Crippen LogP contribution is 2.44. The van der Waals surface area contributed by atoms with Crippen molar-refractivity contribution in [2.45, 2.75) is 56.5 Å². The van der Waals surface area contributed by atoms with Crippen LogP contribution in [-0.2, 0) is 11.8 Å². The zero-order chi connectivity index (χ0) is 22.2. The summed E-state index contributed by atoms with van der Waals surface area (Å²) in [7, 11) is 3.85. The molecule has 166 valence electrons. The van der Waals surface area contributed by atoms with Gasteiger partial charge in [-0.15, -0.1) is 0 Å². The van der Waals surface area contributed by atoms with Crippen LogP contribution in [-0.4, -0.2) is 34.4 Å². The van der Waals surface area contributed by atoms with Gasteiger partial charge in [-0.1, -0.05) is 62.1 Å². The van der Waals surface area contributed by atoms with Crippen LogP contribution < -0.4 is 5.32 Å². The third-order valence-corrected chi connectivity index (χ3v) is 7.31. The van der Waals surface area contributed by atoms with Crippen molar-refractivity contribution < 1.29 is 9.59 Å². The van der Waals surface area contributed by atoms with Gasteiger partial charge in [0.05, 0.1) is 12.0 Å². The highest BCUT2D eigenvalue weighted by Gasteiger charge is 2.44. The molecule has 0 saturated heterocycles. The quantitative estimate of drug-likeness (QED) is 0.601. The van der Waals surface area contributed by atoms with Crippen molar-refractivity contribution >= 4 is 22.7 Å². The molecular weight excluding hydrogens is 398 g/mol. The molecule has 2 amide bonds. The van der Waals surface area contributed by atoms with Gasteiger partial charge in [0.1, 0.15) is 0 Å². The minimum atomic E-state index is -0.442. The average molecular weight is 430 g/mol. The lowest BCUT2D eigenvalue weighted by Crippen LogP contribution is -2.47. The molecule has 1 aliphatic heterocycles.